The second kappa shape index (κ2) is 11.1. The van der Waals surface area contributed by atoms with E-state index in [0.29, 0.717) is 23.7 Å². The van der Waals surface area contributed by atoms with Gasteiger partial charge >= 0.3 is 6.09 Å². The summed E-state index contributed by atoms with van der Waals surface area (Å²) in [7, 11) is 0. The number of alkyl carbamates (subject to hydrolysis) is 1. The number of nitro groups is 1. The Morgan fingerprint density at radius 1 is 1.30 bits per heavy atom. The second-order valence-electron chi connectivity index (χ2n) is 8.93. The Bertz CT molecular complexity index is 995. The fourth-order valence-corrected chi connectivity index (χ4v) is 3.39. The molecule has 3 heterocycles. The van der Waals surface area contributed by atoms with E-state index in [1.807, 2.05) is 33.8 Å². The van der Waals surface area contributed by atoms with Crippen LogP contribution in [0, 0.1) is 29.9 Å². The van der Waals surface area contributed by atoms with Crippen LogP contribution in [-0.2, 0) is 4.74 Å². The summed E-state index contributed by atoms with van der Waals surface area (Å²) in [6.07, 6.45) is 3.53. The van der Waals surface area contributed by atoms with Gasteiger partial charge in [0.15, 0.2) is 0 Å². The number of ether oxygens (including phenoxy) is 1. The third-order valence-corrected chi connectivity index (χ3v) is 5.13. The molecule has 3 N–H and O–H groups in total. The summed E-state index contributed by atoms with van der Waals surface area (Å²) in [4.78, 5) is 31.6. The number of nitrogens with two attached hydrogens (primary N) is 1. The second-order valence-corrected chi connectivity index (χ2v) is 9.32. The van der Waals surface area contributed by atoms with Crippen LogP contribution in [0.25, 0.3) is 0 Å². The van der Waals surface area contributed by atoms with Gasteiger partial charge in [0.2, 0.25) is 0 Å². The quantitative estimate of drug-likeness (QED) is 0.377. The number of amides is 1. The van der Waals surface area contributed by atoms with E-state index in [1.54, 1.807) is 13.1 Å². The smallest absolute Gasteiger partial charge is 0.407 e. The molecular formula is C22H31ClN6O4. The molecule has 180 valence electrons. The van der Waals surface area contributed by atoms with Crippen molar-refractivity contribution in [1.29, 1.82) is 0 Å². The van der Waals surface area contributed by atoms with Crippen molar-refractivity contribution in [2.75, 3.05) is 30.3 Å². The van der Waals surface area contributed by atoms with Crippen LogP contribution >= 0.6 is 11.6 Å². The van der Waals surface area contributed by atoms with Crippen LogP contribution in [0.2, 0.25) is 5.15 Å². The molecule has 33 heavy (non-hydrogen) atoms. The zero-order chi connectivity index (χ0) is 24.8. The van der Waals surface area contributed by atoms with Gasteiger partial charge in [-0.05, 0) is 64.7 Å². The first-order valence-electron chi connectivity index (χ1n) is 10.6. The Morgan fingerprint density at radius 3 is 2.58 bits per heavy atom. The van der Waals surface area contributed by atoms with Crippen molar-refractivity contribution in [3.05, 3.63) is 50.9 Å². The SMILES string of the molecule is Cc1cc(Cl)ncc1[N+](=O)[O-].Cc1cc(N2CCC(CNC(=O)OC(C)(C)C)C2)ncc1N. The minimum absolute atomic E-state index is 0.00519. The van der Waals surface area contributed by atoms with Gasteiger partial charge in [-0.3, -0.25) is 10.1 Å². The van der Waals surface area contributed by atoms with Crippen molar-refractivity contribution in [3.8, 4) is 0 Å². The van der Waals surface area contributed by atoms with E-state index in [0.717, 1.165) is 37.1 Å². The number of carbonyl (C=O) groups excluding carboxylic acids is 1. The molecule has 1 aliphatic heterocycles. The summed E-state index contributed by atoms with van der Waals surface area (Å²) in [5.74, 6) is 1.36. The van der Waals surface area contributed by atoms with Crippen LogP contribution in [0.1, 0.15) is 38.3 Å². The van der Waals surface area contributed by atoms with E-state index < -0.39 is 10.5 Å². The zero-order valence-corrected chi connectivity index (χ0v) is 20.3. The molecule has 0 spiro atoms. The molecule has 0 radical (unpaired) electrons. The normalized spacial score (nSPS) is 15.5. The Hall–Kier alpha value is -3.14. The Balaban J connectivity index is 0.000000294. The van der Waals surface area contributed by atoms with Crippen molar-refractivity contribution in [3.63, 3.8) is 0 Å². The number of aromatic nitrogens is 2. The molecular weight excluding hydrogens is 448 g/mol. The van der Waals surface area contributed by atoms with Crippen LogP contribution < -0.4 is 16.0 Å². The minimum atomic E-state index is -0.487. The number of carbonyl (C=O) groups is 1. The molecule has 10 nitrogen and oxygen atoms in total. The van der Waals surface area contributed by atoms with Gasteiger partial charge in [0.25, 0.3) is 5.69 Å². The average molecular weight is 479 g/mol. The Morgan fingerprint density at radius 2 is 2.00 bits per heavy atom. The van der Waals surface area contributed by atoms with Gasteiger partial charge in [-0.25, -0.2) is 14.8 Å². The van der Waals surface area contributed by atoms with Gasteiger partial charge in [-0.15, -0.1) is 0 Å². The van der Waals surface area contributed by atoms with Crippen molar-refractivity contribution >= 4 is 34.9 Å². The topological polar surface area (TPSA) is 137 Å². The maximum atomic E-state index is 11.7. The van der Waals surface area contributed by atoms with Gasteiger partial charge in [-0.1, -0.05) is 11.6 Å². The van der Waals surface area contributed by atoms with Crippen LogP contribution in [0.5, 0.6) is 0 Å². The summed E-state index contributed by atoms with van der Waals surface area (Å²) < 4.78 is 5.25. The predicted molar refractivity (Wildman–Crippen MR) is 129 cm³/mol. The average Bonchev–Trinajstić information content (AvgIpc) is 3.16. The number of aryl methyl sites for hydroxylation is 2. The minimum Gasteiger partial charge on any atom is -0.444 e. The molecule has 1 atom stereocenters. The van der Waals surface area contributed by atoms with E-state index >= 15 is 0 Å². The largest absolute Gasteiger partial charge is 0.444 e. The molecule has 1 saturated heterocycles. The van der Waals surface area contributed by atoms with Crippen LogP contribution in [0.15, 0.2) is 24.5 Å². The summed E-state index contributed by atoms with van der Waals surface area (Å²) >= 11 is 5.49. The third kappa shape index (κ3) is 8.38. The molecule has 1 aliphatic rings. The number of halogens is 1. The fourth-order valence-electron chi connectivity index (χ4n) is 3.18. The molecule has 11 heteroatoms. The molecule has 1 unspecified atom stereocenters. The number of pyridine rings is 2. The summed E-state index contributed by atoms with van der Waals surface area (Å²) in [5, 5.41) is 13.4. The first-order valence-corrected chi connectivity index (χ1v) is 10.9. The third-order valence-electron chi connectivity index (χ3n) is 4.93. The molecule has 2 aromatic heterocycles. The molecule has 0 aliphatic carbocycles. The first kappa shape index (κ1) is 26.1. The summed E-state index contributed by atoms with van der Waals surface area (Å²) in [5.41, 5.74) is 7.62. The highest BCUT2D eigenvalue weighted by molar-refractivity contribution is 6.29. The molecule has 0 bridgehead atoms. The molecule has 3 rings (SSSR count). The van der Waals surface area contributed by atoms with Gasteiger partial charge in [0.05, 0.1) is 16.8 Å². The summed E-state index contributed by atoms with van der Waals surface area (Å²) in [6.45, 7) is 11.6. The van der Waals surface area contributed by atoms with E-state index in [1.165, 1.54) is 6.07 Å². The van der Waals surface area contributed by atoms with Crippen molar-refractivity contribution in [1.82, 2.24) is 15.3 Å². The lowest BCUT2D eigenvalue weighted by atomic mass is 10.1. The molecule has 0 saturated carbocycles. The maximum Gasteiger partial charge on any atom is 0.407 e. The lowest BCUT2D eigenvalue weighted by Gasteiger charge is -2.21. The Kier molecular flexibility index (Phi) is 8.81. The van der Waals surface area contributed by atoms with Gasteiger partial charge < -0.3 is 20.7 Å². The van der Waals surface area contributed by atoms with E-state index in [2.05, 4.69) is 20.2 Å². The van der Waals surface area contributed by atoms with E-state index in [-0.39, 0.29) is 16.9 Å². The number of anilines is 2. The predicted octanol–water partition coefficient (Wildman–Crippen LogP) is 4.27. The summed E-state index contributed by atoms with van der Waals surface area (Å²) in [6, 6.07) is 3.47. The monoisotopic (exact) mass is 478 g/mol. The van der Waals surface area contributed by atoms with Gasteiger partial charge in [-0.2, -0.15) is 0 Å². The molecule has 1 fully saturated rings. The van der Waals surface area contributed by atoms with E-state index in [4.69, 9.17) is 22.1 Å². The van der Waals surface area contributed by atoms with Gasteiger partial charge in [0.1, 0.15) is 22.8 Å². The number of nitrogens with one attached hydrogen (secondary N) is 1. The van der Waals surface area contributed by atoms with Crippen molar-refractivity contribution in [2.45, 2.75) is 46.6 Å². The standard InChI is InChI=1S/C16H26N4O2.C6H5ClN2O2/c1-11-7-14(18-9-13(11)17)20-6-5-12(10-20)8-19-15(21)22-16(2,3)4;1-4-2-6(7)8-3-5(4)9(10)11/h7,9,12H,5-6,8,10,17H2,1-4H3,(H,19,21);2-3H,1H3. The molecule has 2 aromatic rings. The molecule has 0 aromatic carbocycles. The highest BCUT2D eigenvalue weighted by Crippen LogP contribution is 2.24. The van der Waals surface area contributed by atoms with Crippen molar-refractivity contribution < 1.29 is 14.5 Å². The highest BCUT2D eigenvalue weighted by atomic mass is 35.5. The van der Waals surface area contributed by atoms with Gasteiger partial charge in [0, 0.05) is 25.2 Å². The number of hydrogen-bond acceptors (Lipinski definition) is 8. The lowest BCUT2D eigenvalue weighted by Crippen LogP contribution is -2.36. The van der Waals surface area contributed by atoms with Crippen LogP contribution in [-0.4, -0.2) is 46.2 Å². The number of nitrogen functional groups attached to an aromatic ring is 1. The zero-order valence-electron chi connectivity index (χ0n) is 19.6. The fraction of sp³-hybridized carbons (Fsp3) is 0.500. The lowest BCUT2D eigenvalue weighted by molar-refractivity contribution is -0.385. The maximum absolute atomic E-state index is 11.7. The highest BCUT2D eigenvalue weighted by Gasteiger charge is 2.25. The Labute approximate surface area is 198 Å². The first-order chi connectivity index (χ1) is 15.4. The number of hydrogen-bond donors (Lipinski definition) is 2. The van der Waals surface area contributed by atoms with Crippen molar-refractivity contribution in [2.24, 2.45) is 5.92 Å². The number of nitrogens with zero attached hydrogens (tertiary/aromatic N) is 4. The van der Waals surface area contributed by atoms with Crippen LogP contribution in [0.3, 0.4) is 0 Å². The van der Waals surface area contributed by atoms with E-state index in [9.17, 15) is 14.9 Å². The number of rotatable bonds is 4. The van der Waals surface area contributed by atoms with Crippen LogP contribution in [0.4, 0.5) is 22.0 Å². The molecule has 1 amide bonds.